The minimum absolute atomic E-state index is 0.144. The summed E-state index contributed by atoms with van der Waals surface area (Å²) in [6, 6.07) is 8.46. The molecular weight excluding hydrogens is 438 g/mol. The number of amides is 1. The van der Waals surface area contributed by atoms with Gasteiger partial charge in [-0.1, -0.05) is 6.07 Å². The molecule has 32 heavy (non-hydrogen) atoms. The van der Waals surface area contributed by atoms with E-state index in [1.54, 1.807) is 6.07 Å². The van der Waals surface area contributed by atoms with Gasteiger partial charge in [-0.3, -0.25) is 14.5 Å². The van der Waals surface area contributed by atoms with Crippen molar-refractivity contribution in [2.75, 3.05) is 0 Å². The van der Waals surface area contributed by atoms with Gasteiger partial charge in [0.2, 0.25) is 5.91 Å². The fraction of sp³-hybridized carbons (Fsp3) is 0.286. The second-order valence-corrected chi connectivity index (χ2v) is 7.07. The first-order valence-corrected chi connectivity index (χ1v) is 9.52. The zero-order valence-corrected chi connectivity index (χ0v) is 16.5. The fourth-order valence-electron chi connectivity index (χ4n) is 3.15. The van der Waals surface area contributed by atoms with Gasteiger partial charge in [0.15, 0.2) is 0 Å². The number of nitrogens with zero attached hydrogens (tertiary/aromatic N) is 3. The Bertz CT molecular complexity index is 1080. The summed E-state index contributed by atoms with van der Waals surface area (Å²) in [5.41, 5.74) is 5.07. The van der Waals surface area contributed by atoms with Crippen LogP contribution < -0.4 is 5.73 Å². The van der Waals surface area contributed by atoms with Crippen molar-refractivity contribution in [3.05, 3.63) is 71.2 Å². The number of pyridine rings is 1. The summed E-state index contributed by atoms with van der Waals surface area (Å²) in [4.78, 5) is 13.9. The summed E-state index contributed by atoms with van der Waals surface area (Å²) in [5.74, 6) is -0.869. The molecule has 1 aromatic carbocycles. The van der Waals surface area contributed by atoms with Crippen LogP contribution in [0.4, 0.5) is 26.3 Å². The van der Waals surface area contributed by atoms with Crippen LogP contribution in [-0.4, -0.2) is 20.7 Å². The van der Waals surface area contributed by atoms with Crippen molar-refractivity contribution in [1.82, 2.24) is 14.8 Å². The molecule has 2 N–H and O–H groups in total. The number of hydrogen-bond acceptors (Lipinski definition) is 3. The Kier molecular flexibility index (Phi) is 6.56. The molecule has 0 saturated heterocycles. The lowest BCUT2D eigenvalue weighted by molar-refractivity contribution is -0.141. The zero-order valence-electron chi connectivity index (χ0n) is 16.5. The van der Waals surface area contributed by atoms with Gasteiger partial charge in [0.1, 0.15) is 5.69 Å². The first-order chi connectivity index (χ1) is 14.9. The van der Waals surface area contributed by atoms with Crippen LogP contribution in [0.2, 0.25) is 0 Å². The Hall–Kier alpha value is -3.37. The van der Waals surface area contributed by atoms with Crippen molar-refractivity contribution in [3.8, 4) is 11.3 Å². The Morgan fingerprint density at radius 3 is 2.34 bits per heavy atom. The third-order valence-corrected chi connectivity index (χ3v) is 4.74. The Balaban J connectivity index is 0.000000195. The lowest BCUT2D eigenvalue weighted by Gasteiger charge is -2.11. The van der Waals surface area contributed by atoms with Crippen LogP contribution in [0.25, 0.3) is 11.3 Å². The molecule has 0 fully saturated rings. The molecule has 0 bridgehead atoms. The number of carbonyl (C=O) groups is 1. The van der Waals surface area contributed by atoms with Crippen LogP contribution in [-0.2, 0) is 25.3 Å². The number of hydrogen-bond donors (Lipinski definition) is 1. The maximum atomic E-state index is 12.6. The van der Waals surface area contributed by atoms with E-state index in [1.165, 1.54) is 12.3 Å². The van der Waals surface area contributed by atoms with Gasteiger partial charge in [-0.05, 0) is 55.7 Å². The number of primary amides is 1. The summed E-state index contributed by atoms with van der Waals surface area (Å²) < 4.78 is 76.0. The summed E-state index contributed by atoms with van der Waals surface area (Å²) in [7, 11) is 0. The third-order valence-electron chi connectivity index (χ3n) is 4.74. The number of fused-ring (bicyclic) bond motifs is 1. The molecule has 0 spiro atoms. The van der Waals surface area contributed by atoms with Crippen LogP contribution >= 0.6 is 0 Å². The molecule has 0 unspecified atom stereocenters. The molecule has 5 nitrogen and oxygen atoms in total. The Labute approximate surface area is 178 Å². The summed E-state index contributed by atoms with van der Waals surface area (Å²) >= 11 is 0. The zero-order chi connectivity index (χ0) is 23.5. The van der Waals surface area contributed by atoms with Gasteiger partial charge in [0.25, 0.3) is 0 Å². The number of aryl methyl sites for hydroxylation is 2. The first kappa shape index (κ1) is 23.3. The molecule has 170 valence electrons. The second-order valence-electron chi connectivity index (χ2n) is 7.07. The van der Waals surface area contributed by atoms with Crippen molar-refractivity contribution < 1.29 is 31.1 Å². The fourth-order valence-corrected chi connectivity index (χ4v) is 3.15. The molecule has 2 aromatic heterocycles. The topological polar surface area (TPSA) is 73.8 Å². The van der Waals surface area contributed by atoms with E-state index in [4.69, 9.17) is 5.73 Å². The second kappa shape index (κ2) is 9.01. The predicted molar refractivity (Wildman–Crippen MR) is 103 cm³/mol. The molecule has 3 heterocycles. The molecule has 0 atom stereocenters. The number of carbonyl (C=O) groups excluding carboxylic acids is 1. The highest BCUT2D eigenvalue weighted by molar-refractivity contribution is 5.92. The molecule has 4 rings (SSSR count). The van der Waals surface area contributed by atoms with Crippen LogP contribution in [0, 0.1) is 0 Å². The van der Waals surface area contributed by atoms with Gasteiger partial charge in [-0.2, -0.15) is 31.4 Å². The number of halogens is 6. The SMILES string of the molecule is FC(F)(F)c1cc(-c2cc3n(n2)CCCC3)ccn1.NC(=O)c1cccc(C(F)(F)F)c1. The summed E-state index contributed by atoms with van der Waals surface area (Å²) in [5, 5.41) is 4.37. The molecular formula is C21H18F6N4O. The molecule has 11 heteroatoms. The van der Waals surface area contributed by atoms with E-state index in [-0.39, 0.29) is 5.56 Å². The first-order valence-electron chi connectivity index (χ1n) is 9.52. The van der Waals surface area contributed by atoms with Crippen molar-refractivity contribution in [2.24, 2.45) is 5.73 Å². The van der Waals surface area contributed by atoms with E-state index < -0.39 is 29.5 Å². The maximum absolute atomic E-state index is 12.6. The smallest absolute Gasteiger partial charge is 0.366 e. The average Bonchev–Trinajstić information content (AvgIpc) is 3.18. The molecule has 0 radical (unpaired) electrons. The van der Waals surface area contributed by atoms with Crippen LogP contribution in [0.5, 0.6) is 0 Å². The minimum Gasteiger partial charge on any atom is -0.366 e. The number of alkyl halides is 6. The predicted octanol–water partition coefficient (Wildman–Crippen LogP) is 5.10. The van der Waals surface area contributed by atoms with E-state index in [0.717, 1.165) is 55.8 Å². The van der Waals surface area contributed by atoms with E-state index >= 15 is 0 Å². The van der Waals surface area contributed by atoms with Gasteiger partial charge in [0.05, 0.1) is 11.3 Å². The van der Waals surface area contributed by atoms with E-state index in [1.807, 2.05) is 10.7 Å². The number of nitrogens with two attached hydrogens (primary N) is 1. The largest absolute Gasteiger partial charge is 0.433 e. The van der Waals surface area contributed by atoms with Crippen molar-refractivity contribution in [2.45, 2.75) is 38.2 Å². The third kappa shape index (κ3) is 5.65. The minimum atomic E-state index is -4.44. The highest BCUT2D eigenvalue weighted by Crippen LogP contribution is 2.31. The molecule has 1 amide bonds. The standard InChI is InChI=1S/C13H12F3N3.C8H6F3NO/c14-13(15,16)12-7-9(4-5-17-12)11-8-10-3-1-2-6-19(10)18-11;9-8(10,11)6-3-1-2-5(4-6)7(12)13/h4-5,7-8H,1-3,6H2;1-4H,(H2,12,13). The number of benzene rings is 1. The maximum Gasteiger partial charge on any atom is 0.433 e. The molecule has 1 aliphatic rings. The van der Waals surface area contributed by atoms with E-state index in [0.29, 0.717) is 11.3 Å². The average molecular weight is 456 g/mol. The molecule has 1 aliphatic heterocycles. The van der Waals surface area contributed by atoms with Crippen molar-refractivity contribution in [3.63, 3.8) is 0 Å². The Morgan fingerprint density at radius 2 is 1.72 bits per heavy atom. The lowest BCUT2D eigenvalue weighted by Crippen LogP contribution is -2.13. The molecule has 3 aromatic rings. The quantitative estimate of drug-likeness (QED) is 0.545. The number of aromatic nitrogens is 3. The summed E-state index contributed by atoms with van der Waals surface area (Å²) in [6.07, 6.45) is -4.57. The summed E-state index contributed by atoms with van der Waals surface area (Å²) in [6.45, 7) is 0.840. The van der Waals surface area contributed by atoms with Gasteiger partial charge < -0.3 is 5.73 Å². The van der Waals surface area contributed by atoms with Crippen molar-refractivity contribution in [1.29, 1.82) is 0 Å². The highest BCUT2D eigenvalue weighted by atomic mass is 19.4. The molecule has 0 saturated carbocycles. The normalized spacial score (nSPS) is 13.7. The van der Waals surface area contributed by atoms with Gasteiger partial charge in [-0.15, -0.1) is 0 Å². The molecule has 0 aliphatic carbocycles. The Morgan fingerprint density at radius 1 is 0.969 bits per heavy atom. The van der Waals surface area contributed by atoms with Gasteiger partial charge in [-0.25, -0.2) is 0 Å². The monoisotopic (exact) mass is 456 g/mol. The van der Waals surface area contributed by atoms with E-state index in [2.05, 4.69) is 10.1 Å². The van der Waals surface area contributed by atoms with Crippen LogP contribution in [0.3, 0.4) is 0 Å². The number of rotatable bonds is 2. The van der Waals surface area contributed by atoms with Gasteiger partial charge in [0, 0.05) is 29.6 Å². The van der Waals surface area contributed by atoms with Crippen LogP contribution in [0.15, 0.2) is 48.7 Å². The lowest BCUT2D eigenvalue weighted by atomic mass is 10.1. The van der Waals surface area contributed by atoms with Crippen LogP contribution in [0.1, 0.15) is 40.2 Å². The van der Waals surface area contributed by atoms with E-state index in [9.17, 15) is 31.1 Å². The van der Waals surface area contributed by atoms with Crippen molar-refractivity contribution >= 4 is 5.91 Å². The highest BCUT2D eigenvalue weighted by Gasteiger charge is 2.33. The van der Waals surface area contributed by atoms with Gasteiger partial charge >= 0.3 is 12.4 Å².